The number of carboxylic acid groups (broad SMARTS) is 1. The minimum absolute atomic E-state index is 0.434. The van der Waals surface area contributed by atoms with Crippen molar-refractivity contribution in [3.05, 3.63) is 11.9 Å². The fraction of sp³-hybridized carbons (Fsp3) is 0.583. The van der Waals surface area contributed by atoms with Gasteiger partial charge in [0.2, 0.25) is 5.88 Å². The van der Waals surface area contributed by atoms with E-state index in [-0.39, 0.29) is 0 Å². The van der Waals surface area contributed by atoms with Crippen molar-refractivity contribution < 1.29 is 14.6 Å². The van der Waals surface area contributed by atoms with E-state index in [2.05, 4.69) is 15.3 Å². The molecule has 1 aliphatic carbocycles. The number of carboxylic acids is 1. The van der Waals surface area contributed by atoms with Crippen molar-refractivity contribution in [1.82, 2.24) is 9.97 Å². The summed E-state index contributed by atoms with van der Waals surface area (Å²) >= 11 is 0. The van der Waals surface area contributed by atoms with Gasteiger partial charge in [-0.3, -0.25) is 0 Å². The molecule has 0 amide bonds. The summed E-state index contributed by atoms with van der Waals surface area (Å²) in [7, 11) is 1.52. The predicted octanol–water partition coefficient (Wildman–Crippen LogP) is 1.60. The van der Waals surface area contributed by atoms with Gasteiger partial charge < -0.3 is 15.2 Å². The number of methoxy groups -OCH3 is 1. The average Bonchev–Trinajstić information content (AvgIpc) is 2.78. The first-order valence-corrected chi connectivity index (χ1v) is 5.97. The molecular weight excluding hydrogens is 234 g/mol. The number of nitrogens with zero attached hydrogens (tertiary/aromatic N) is 2. The molecule has 18 heavy (non-hydrogen) atoms. The normalized spacial score (nSPS) is 17.4. The smallest absolute Gasteiger partial charge is 0.329 e. The second kappa shape index (κ2) is 4.80. The predicted molar refractivity (Wildman–Crippen MR) is 65.8 cm³/mol. The third-order valence-corrected chi connectivity index (χ3v) is 3.26. The fourth-order valence-electron chi connectivity index (χ4n) is 2.32. The summed E-state index contributed by atoms with van der Waals surface area (Å²) in [6, 6.07) is 1.62. The van der Waals surface area contributed by atoms with E-state index >= 15 is 0 Å². The van der Waals surface area contributed by atoms with Gasteiger partial charge in [0.25, 0.3) is 0 Å². The molecule has 2 N–H and O–H groups in total. The summed E-state index contributed by atoms with van der Waals surface area (Å²) in [6.07, 6.45) is 3.07. The Kier molecular flexibility index (Phi) is 3.36. The van der Waals surface area contributed by atoms with Crippen molar-refractivity contribution >= 4 is 11.8 Å². The molecule has 0 atom stereocenters. The molecule has 0 aliphatic heterocycles. The summed E-state index contributed by atoms with van der Waals surface area (Å²) in [5.41, 5.74) is -0.897. The van der Waals surface area contributed by atoms with Gasteiger partial charge in [0, 0.05) is 6.07 Å². The summed E-state index contributed by atoms with van der Waals surface area (Å²) in [4.78, 5) is 19.7. The molecule has 6 heteroatoms. The highest BCUT2D eigenvalue weighted by atomic mass is 16.5. The molecule has 0 radical (unpaired) electrons. The Labute approximate surface area is 105 Å². The first-order valence-electron chi connectivity index (χ1n) is 5.97. The highest BCUT2D eigenvalue weighted by Gasteiger charge is 2.41. The van der Waals surface area contributed by atoms with Crippen LogP contribution in [-0.4, -0.2) is 33.7 Å². The lowest BCUT2D eigenvalue weighted by atomic mass is 9.98. The fourth-order valence-corrected chi connectivity index (χ4v) is 2.32. The molecular formula is C12H17N3O3. The molecule has 0 unspecified atom stereocenters. The molecule has 0 spiro atoms. The van der Waals surface area contributed by atoms with E-state index in [1.807, 2.05) is 0 Å². The molecule has 98 valence electrons. The molecule has 6 nitrogen and oxygen atoms in total. The third-order valence-electron chi connectivity index (χ3n) is 3.26. The van der Waals surface area contributed by atoms with Crippen molar-refractivity contribution in [1.29, 1.82) is 0 Å². The maximum Gasteiger partial charge on any atom is 0.329 e. The van der Waals surface area contributed by atoms with Crippen LogP contribution in [0.15, 0.2) is 6.07 Å². The number of aromatic nitrogens is 2. The maximum absolute atomic E-state index is 11.4. The number of anilines is 1. The Bertz CT molecular complexity index is 456. The quantitative estimate of drug-likeness (QED) is 0.845. The standard InChI is InChI=1S/C12H17N3O3/c1-8-13-9(7-10(14-8)18-2)15-12(11(16)17)5-3-4-6-12/h7H,3-6H2,1-2H3,(H,16,17)(H,13,14,15). The molecule has 0 aromatic carbocycles. The molecule has 1 aromatic heterocycles. The van der Waals surface area contributed by atoms with Crippen LogP contribution in [0.25, 0.3) is 0 Å². The first-order chi connectivity index (χ1) is 8.55. The number of ether oxygens (including phenoxy) is 1. The minimum Gasteiger partial charge on any atom is -0.481 e. The Morgan fingerprint density at radius 2 is 2.11 bits per heavy atom. The Balaban J connectivity index is 2.26. The molecule has 0 bridgehead atoms. The van der Waals surface area contributed by atoms with E-state index in [0.29, 0.717) is 30.4 Å². The maximum atomic E-state index is 11.4. The number of nitrogens with one attached hydrogen (secondary N) is 1. The number of hydrogen-bond acceptors (Lipinski definition) is 5. The lowest BCUT2D eigenvalue weighted by Crippen LogP contribution is -2.44. The largest absolute Gasteiger partial charge is 0.481 e. The van der Waals surface area contributed by atoms with E-state index in [4.69, 9.17) is 4.74 Å². The molecule has 1 heterocycles. The Hall–Kier alpha value is -1.85. The van der Waals surface area contributed by atoms with E-state index in [1.165, 1.54) is 7.11 Å². The van der Waals surface area contributed by atoms with Crippen LogP contribution in [0, 0.1) is 6.92 Å². The van der Waals surface area contributed by atoms with Gasteiger partial charge in [0.05, 0.1) is 7.11 Å². The molecule has 1 saturated carbocycles. The first kappa shape index (κ1) is 12.6. The number of carbonyl (C=O) groups is 1. The van der Waals surface area contributed by atoms with Crippen LogP contribution in [0.3, 0.4) is 0 Å². The van der Waals surface area contributed by atoms with Crippen LogP contribution in [0.1, 0.15) is 31.5 Å². The second-order valence-corrected chi connectivity index (χ2v) is 4.56. The zero-order valence-corrected chi connectivity index (χ0v) is 10.6. The van der Waals surface area contributed by atoms with Crippen LogP contribution in [0.2, 0.25) is 0 Å². The number of aliphatic carboxylic acids is 1. The number of rotatable bonds is 4. The Morgan fingerprint density at radius 1 is 1.44 bits per heavy atom. The second-order valence-electron chi connectivity index (χ2n) is 4.56. The average molecular weight is 251 g/mol. The van der Waals surface area contributed by atoms with E-state index in [9.17, 15) is 9.90 Å². The van der Waals surface area contributed by atoms with Gasteiger partial charge in [-0.25, -0.2) is 9.78 Å². The number of aryl methyl sites for hydroxylation is 1. The number of hydrogen-bond donors (Lipinski definition) is 2. The van der Waals surface area contributed by atoms with Crippen LogP contribution >= 0.6 is 0 Å². The van der Waals surface area contributed by atoms with Crippen molar-refractivity contribution in [3.8, 4) is 5.88 Å². The summed E-state index contributed by atoms with van der Waals surface area (Å²) in [6.45, 7) is 1.75. The van der Waals surface area contributed by atoms with Gasteiger partial charge in [-0.1, -0.05) is 12.8 Å². The van der Waals surface area contributed by atoms with E-state index < -0.39 is 11.5 Å². The van der Waals surface area contributed by atoms with Gasteiger partial charge in [-0.2, -0.15) is 4.98 Å². The highest BCUT2D eigenvalue weighted by molar-refractivity contribution is 5.82. The van der Waals surface area contributed by atoms with Crippen molar-refractivity contribution in [2.75, 3.05) is 12.4 Å². The van der Waals surface area contributed by atoms with Crippen LogP contribution in [0.4, 0.5) is 5.82 Å². The third kappa shape index (κ3) is 2.37. The zero-order valence-electron chi connectivity index (χ0n) is 10.6. The lowest BCUT2D eigenvalue weighted by Gasteiger charge is -2.26. The molecule has 1 fully saturated rings. The van der Waals surface area contributed by atoms with E-state index in [0.717, 1.165) is 12.8 Å². The molecule has 1 aliphatic rings. The van der Waals surface area contributed by atoms with Crippen LogP contribution < -0.4 is 10.1 Å². The molecule has 0 saturated heterocycles. The van der Waals surface area contributed by atoms with E-state index in [1.54, 1.807) is 13.0 Å². The van der Waals surface area contributed by atoms with Gasteiger partial charge in [0.1, 0.15) is 17.2 Å². The lowest BCUT2D eigenvalue weighted by molar-refractivity contribution is -0.142. The highest BCUT2D eigenvalue weighted by Crippen LogP contribution is 2.33. The molecule has 1 aromatic rings. The zero-order chi connectivity index (χ0) is 13.2. The van der Waals surface area contributed by atoms with Crippen molar-refractivity contribution in [2.45, 2.75) is 38.1 Å². The minimum atomic E-state index is -0.897. The van der Waals surface area contributed by atoms with Gasteiger partial charge >= 0.3 is 5.97 Å². The summed E-state index contributed by atoms with van der Waals surface area (Å²) in [5.74, 6) is 0.665. The van der Waals surface area contributed by atoms with Gasteiger partial charge in [0.15, 0.2) is 0 Å². The van der Waals surface area contributed by atoms with Crippen LogP contribution in [-0.2, 0) is 4.79 Å². The van der Waals surface area contributed by atoms with Crippen molar-refractivity contribution in [2.24, 2.45) is 0 Å². The Morgan fingerprint density at radius 3 is 2.67 bits per heavy atom. The summed E-state index contributed by atoms with van der Waals surface area (Å²) in [5, 5.41) is 12.4. The van der Waals surface area contributed by atoms with Crippen LogP contribution in [0.5, 0.6) is 5.88 Å². The monoisotopic (exact) mass is 251 g/mol. The molecule has 2 rings (SSSR count). The summed E-state index contributed by atoms with van der Waals surface area (Å²) < 4.78 is 5.06. The van der Waals surface area contributed by atoms with Gasteiger partial charge in [-0.05, 0) is 19.8 Å². The topological polar surface area (TPSA) is 84.3 Å². The SMILES string of the molecule is COc1cc(NC2(C(=O)O)CCCC2)nc(C)n1. The van der Waals surface area contributed by atoms with Gasteiger partial charge in [-0.15, -0.1) is 0 Å². The van der Waals surface area contributed by atoms with Crippen molar-refractivity contribution in [3.63, 3.8) is 0 Å².